The highest BCUT2D eigenvalue weighted by Crippen LogP contribution is 2.31. The topological polar surface area (TPSA) is 106 Å². The van der Waals surface area contributed by atoms with Crippen LogP contribution in [0.1, 0.15) is 27.3 Å². The number of carbonyl (C=O) groups is 2. The molecule has 1 aliphatic rings. The van der Waals surface area contributed by atoms with E-state index in [-0.39, 0.29) is 18.2 Å². The number of amides is 2. The van der Waals surface area contributed by atoms with E-state index in [1.807, 2.05) is 42.5 Å². The second-order valence-corrected chi connectivity index (χ2v) is 8.65. The summed E-state index contributed by atoms with van der Waals surface area (Å²) in [5, 5.41) is 6.90. The van der Waals surface area contributed by atoms with Crippen molar-refractivity contribution in [1.29, 1.82) is 0 Å². The van der Waals surface area contributed by atoms with Crippen molar-refractivity contribution in [3.05, 3.63) is 112 Å². The van der Waals surface area contributed by atoms with Crippen molar-refractivity contribution in [1.82, 2.24) is 20.1 Å². The van der Waals surface area contributed by atoms with E-state index in [0.717, 1.165) is 5.56 Å². The van der Waals surface area contributed by atoms with Crippen LogP contribution in [-0.2, 0) is 4.79 Å². The molecule has 0 spiro atoms. The number of aryl methyl sites for hydroxylation is 1. The van der Waals surface area contributed by atoms with Gasteiger partial charge in [-0.15, -0.1) is 0 Å². The maximum Gasteiger partial charge on any atom is 0.276 e. The number of hydrogen-bond donors (Lipinski definition) is 1. The summed E-state index contributed by atoms with van der Waals surface area (Å²) < 4.78 is 7.42. The normalized spacial score (nSPS) is 14.4. The van der Waals surface area contributed by atoms with Gasteiger partial charge in [0.15, 0.2) is 5.69 Å². The zero-order valence-corrected chi connectivity index (χ0v) is 20.7. The first-order valence-corrected chi connectivity index (χ1v) is 11.8. The van der Waals surface area contributed by atoms with Gasteiger partial charge in [-0.3, -0.25) is 19.4 Å². The summed E-state index contributed by atoms with van der Waals surface area (Å²) in [7, 11) is 1.60. The number of aromatic nitrogens is 3. The number of rotatable bonds is 3. The summed E-state index contributed by atoms with van der Waals surface area (Å²) in [5.41, 5.74) is 2.43. The minimum Gasteiger partial charge on any atom is -0.489 e. The molecule has 38 heavy (non-hydrogen) atoms. The van der Waals surface area contributed by atoms with Crippen LogP contribution in [0.15, 0.2) is 83.9 Å². The minimum atomic E-state index is -1.03. The van der Waals surface area contributed by atoms with Crippen molar-refractivity contribution in [2.24, 2.45) is 0 Å². The Kier molecular flexibility index (Phi) is 6.70. The monoisotopic (exact) mass is 505 g/mol. The quantitative estimate of drug-likeness (QED) is 0.429. The first kappa shape index (κ1) is 24.5. The molecule has 3 heterocycles. The Morgan fingerprint density at radius 2 is 1.82 bits per heavy atom. The predicted octanol–water partition coefficient (Wildman–Crippen LogP) is 2.49. The van der Waals surface area contributed by atoms with Crippen molar-refractivity contribution >= 4 is 17.5 Å². The average molecular weight is 506 g/mol. The molecule has 0 bridgehead atoms. The molecule has 1 aliphatic heterocycles. The van der Waals surface area contributed by atoms with Crippen LogP contribution in [0.4, 0.5) is 5.69 Å². The van der Waals surface area contributed by atoms with Crippen LogP contribution in [0.5, 0.6) is 5.75 Å². The maximum absolute atomic E-state index is 13.2. The number of likely N-dealkylation sites (N-methyl/N-ethyl adjacent to an activating group) is 1. The third-order valence-corrected chi connectivity index (χ3v) is 6.00. The number of pyridine rings is 1. The highest BCUT2D eigenvalue weighted by atomic mass is 16.5. The predicted molar refractivity (Wildman–Crippen MR) is 141 cm³/mol. The van der Waals surface area contributed by atoms with Gasteiger partial charge >= 0.3 is 0 Å². The van der Waals surface area contributed by atoms with Gasteiger partial charge in [-0.2, -0.15) is 5.10 Å². The van der Waals surface area contributed by atoms with Gasteiger partial charge in [0.25, 0.3) is 11.8 Å². The van der Waals surface area contributed by atoms with Crippen LogP contribution in [-0.4, -0.2) is 46.3 Å². The molecule has 0 unspecified atom stereocenters. The number of benzene rings is 2. The molecule has 0 saturated heterocycles. The second kappa shape index (κ2) is 10.4. The van der Waals surface area contributed by atoms with Crippen LogP contribution in [0.25, 0.3) is 5.69 Å². The third-order valence-electron chi connectivity index (χ3n) is 6.00. The molecule has 1 N–H and O–H groups in total. The van der Waals surface area contributed by atoms with Crippen LogP contribution >= 0.6 is 0 Å². The van der Waals surface area contributed by atoms with E-state index in [4.69, 9.17) is 4.74 Å². The Labute approximate surface area is 218 Å². The zero-order valence-electron chi connectivity index (χ0n) is 20.7. The molecule has 2 aromatic heterocycles. The molecule has 0 saturated carbocycles. The molecule has 4 aromatic rings. The van der Waals surface area contributed by atoms with E-state index >= 15 is 0 Å². The molecule has 0 fully saturated rings. The lowest BCUT2D eigenvalue weighted by molar-refractivity contribution is -0.120. The fourth-order valence-corrected chi connectivity index (χ4v) is 4.03. The molecular formula is C29H23N5O4. The maximum atomic E-state index is 13.2. The number of hydrogen-bond acceptors (Lipinski definition) is 6. The Balaban J connectivity index is 1.37. The second-order valence-electron chi connectivity index (χ2n) is 8.65. The lowest BCUT2D eigenvalue weighted by Crippen LogP contribution is -2.50. The number of nitrogens with zero attached hydrogens (tertiary/aromatic N) is 4. The van der Waals surface area contributed by atoms with Crippen LogP contribution in [0.2, 0.25) is 0 Å². The Hall–Kier alpha value is -5.23. The molecule has 5 rings (SSSR count). The first-order valence-electron chi connectivity index (χ1n) is 11.8. The van der Waals surface area contributed by atoms with Gasteiger partial charge in [-0.25, -0.2) is 4.68 Å². The van der Waals surface area contributed by atoms with Crippen molar-refractivity contribution in [3.8, 4) is 23.3 Å². The zero-order chi connectivity index (χ0) is 26.6. The summed E-state index contributed by atoms with van der Waals surface area (Å²) in [4.78, 5) is 44.4. The van der Waals surface area contributed by atoms with Crippen molar-refractivity contribution in [2.75, 3.05) is 18.6 Å². The molecule has 1 atom stereocenters. The number of carbonyl (C=O) groups excluding carboxylic acids is 2. The lowest BCUT2D eigenvalue weighted by atomic mass is 10.1. The first-order chi connectivity index (χ1) is 18.4. The Morgan fingerprint density at radius 1 is 1.03 bits per heavy atom. The van der Waals surface area contributed by atoms with Gasteiger partial charge in [0, 0.05) is 42.3 Å². The van der Waals surface area contributed by atoms with Crippen LogP contribution in [0, 0.1) is 18.8 Å². The van der Waals surface area contributed by atoms with E-state index in [1.54, 1.807) is 44.6 Å². The number of ether oxygens (including phenoxy) is 1. The third kappa shape index (κ3) is 5.01. The number of para-hydroxylation sites is 1. The summed E-state index contributed by atoms with van der Waals surface area (Å²) in [6, 6.07) is 18.4. The molecule has 2 aromatic carbocycles. The fourth-order valence-electron chi connectivity index (χ4n) is 4.03. The van der Waals surface area contributed by atoms with Gasteiger partial charge in [0.2, 0.25) is 5.43 Å². The Bertz CT molecular complexity index is 1640. The molecule has 2 amide bonds. The van der Waals surface area contributed by atoms with Gasteiger partial charge in [0.05, 0.1) is 11.4 Å². The van der Waals surface area contributed by atoms with Crippen LogP contribution in [0.3, 0.4) is 0 Å². The molecule has 0 radical (unpaired) electrons. The van der Waals surface area contributed by atoms with Gasteiger partial charge in [-0.05, 0) is 49.4 Å². The summed E-state index contributed by atoms with van der Waals surface area (Å²) in [6.07, 6.45) is 3.35. The van der Waals surface area contributed by atoms with Crippen molar-refractivity contribution < 1.29 is 14.3 Å². The standard InChI is InChI=1S/C29H23N5O4/c1-19-15-25(35)27(32-34(19)22-8-4-3-5-9-22)28(36)31-23-18-38-26-16-20(10-11-21-7-6-14-30-17-21)12-13-24(26)33(2)29(23)37/h3-9,12-17,23H,18H2,1-2H3,(H,31,36)/t23-/m0/s1. The fraction of sp³-hybridized carbons (Fsp3) is 0.138. The van der Waals surface area contributed by atoms with E-state index in [2.05, 4.69) is 27.2 Å². The largest absolute Gasteiger partial charge is 0.489 e. The van der Waals surface area contributed by atoms with E-state index in [0.29, 0.717) is 28.4 Å². The van der Waals surface area contributed by atoms with E-state index in [9.17, 15) is 14.4 Å². The van der Waals surface area contributed by atoms with Gasteiger partial charge in [-0.1, -0.05) is 30.0 Å². The van der Waals surface area contributed by atoms with Crippen molar-refractivity contribution in [2.45, 2.75) is 13.0 Å². The molecule has 9 nitrogen and oxygen atoms in total. The molecular weight excluding hydrogens is 482 g/mol. The van der Waals surface area contributed by atoms with Gasteiger partial charge in [0.1, 0.15) is 18.4 Å². The minimum absolute atomic E-state index is 0.125. The SMILES string of the molecule is Cc1cc(=O)c(C(=O)N[C@H]2COc3cc(C#Cc4cccnc4)ccc3N(C)C2=O)nn1-c1ccccc1. The number of nitrogens with one attached hydrogen (secondary N) is 1. The molecule has 9 heteroatoms. The summed E-state index contributed by atoms with van der Waals surface area (Å²) in [6.45, 7) is 1.60. The van der Waals surface area contributed by atoms with E-state index < -0.39 is 17.4 Å². The van der Waals surface area contributed by atoms with Crippen molar-refractivity contribution in [3.63, 3.8) is 0 Å². The smallest absolute Gasteiger partial charge is 0.276 e. The van der Waals surface area contributed by atoms with Crippen LogP contribution < -0.4 is 20.4 Å². The highest BCUT2D eigenvalue weighted by Gasteiger charge is 2.32. The highest BCUT2D eigenvalue weighted by molar-refractivity contribution is 6.02. The Morgan fingerprint density at radius 3 is 2.58 bits per heavy atom. The average Bonchev–Trinajstić information content (AvgIpc) is 3.05. The molecule has 188 valence electrons. The number of anilines is 1. The molecule has 0 aliphatic carbocycles. The van der Waals surface area contributed by atoms with E-state index in [1.165, 1.54) is 15.6 Å². The summed E-state index contributed by atoms with van der Waals surface area (Å²) >= 11 is 0. The lowest BCUT2D eigenvalue weighted by Gasteiger charge is -2.20. The summed E-state index contributed by atoms with van der Waals surface area (Å²) in [5.74, 6) is 5.41. The van der Waals surface area contributed by atoms with Gasteiger partial charge < -0.3 is 15.0 Å². The number of fused-ring (bicyclic) bond motifs is 1.